The summed E-state index contributed by atoms with van der Waals surface area (Å²) in [5.74, 6) is -0.0946. The largest absolute Gasteiger partial charge is 0.322 e. The van der Waals surface area contributed by atoms with Crippen molar-refractivity contribution in [3.63, 3.8) is 0 Å². The van der Waals surface area contributed by atoms with Crippen LogP contribution in [0.5, 0.6) is 0 Å². The van der Waals surface area contributed by atoms with Crippen LogP contribution in [0, 0.1) is 0 Å². The Labute approximate surface area is 126 Å². The number of rotatable bonds is 6. The third kappa shape index (κ3) is 4.92. The quantitative estimate of drug-likeness (QED) is 0.764. The van der Waals surface area contributed by atoms with E-state index in [1.807, 2.05) is 54.6 Å². The molecule has 0 spiro atoms. The minimum absolute atomic E-state index is 0.0946. The molecule has 0 heterocycles. The number of amides is 1. The summed E-state index contributed by atoms with van der Waals surface area (Å²) in [6.07, 6.45) is 6.67. The number of para-hydroxylation sites is 1. The number of anilines is 1. The lowest BCUT2D eigenvalue weighted by atomic mass is 10.1. The molecule has 0 aliphatic carbocycles. The molecule has 21 heavy (non-hydrogen) atoms. The molecule has 0 aliphatic heterocycles. The maximum absolute atomic E-state index is 12.0. The van der Waals surface area contributed by atoms with Crippen molar-refractivity contribution >= 4 is 17.7 Å². The molecular weight excluding hydrogens is 258 g/mol. The third-order valence-electron chi connectivity index (χ3n) is 3.30. The fourth-order valence-electron chi connectivity index (χ4n) is 2.14. The van der Waals surface area contributed by atoms with Gasteiger partial charge in [0.2, 0.25) is 5.91 Å². The monoisotopic (exact) mass is 279 g/mol. The summed E-state index contributed by atoms with van der Waals surface area (Å²) in [6.45, 7) is 2.17. The second-order valence-corrected chi connectivity index (χ2v) is 4.99. The number of carbonyl (C=O) groups is 1. The maximum Gasteiger partial charge on any atom is 0.248 e. The van der Waals surface area contributed by atoms with Crippen LogP contribution < -0.4 is 5.32 Å². The lowest BCUT2D eigenvalue weighted by molar-refractivity contribution is -0.111. The number of hydrogen-bond donors (Lipinski definition) is 1. The standard InChI is InChI=1S/C19H21NO/c1-2-3-11-17-12-7-8-13-18(17)20-19(21)15-14-16-9-5-4-6-10-16/h4-10,12-15H,2-3,11H2,1H3,(H,20,21)/b15-14+. The van der Waals surface area contributed by atoms with Crippen LogP contribution in [0.2, 0.25) is 0 Å². The lowest BCUT2D eigenvalue weighted by Gasteiger charge is -2.09. The number of carbonyl (C=O) groups excluding carboxylic acids is 1. The van der Waals surface area contributed by atoms with Gasteiger partial charge in [-0.15, -0.1) is 0 Å². The first-order valence-electron chi connectivity index (χ1n) is 7.41. The van der Waals surface area contributed by atoms with Gasteiger partial charge >= 0.3 is 0 Å². The highest BCUT2D eigenvalue weighted by molar-refractivity contribution is 6.02. The molecule has 0 fully saturated rings. The van der Waals surface area contributed by atoms with Crippen molar-refractivity contribution < 1.29 is 4.79 Å². The van der Waals surface area contributed by atoms with Gasteiger partial charge in [-0.05, 0) is 36.1 Å². The number of nitrogens with one attached hydrogen (secondary N) is 1. The molecule has 1 N–H and O–H groups in total. The highest BCUT2D eigenvalue weighted by atomic mass is 16.1. The SMILES string of the molecule is CCCCc1ccccc1NC(=O)/C=C/c1ccccc1. The minimum Gasteiger partial charge on any atom is -0.322 e. The summed E-state index contributed by atoms with van der Waals surface area (Å²) < 4.78 is 0. The van der Waals surface area contributed by atoms with E-state index in [0.29, 0.717) is 0 Å². The van der Waals surface area contributed by atoms with Gasteiger partial charge in [-0.25, -0.2) is 0 Å². The highest BCUT2D eigenvalue weighted by Crippen LogP contribution is 2.17. The van der Waals surface area contributed by atoms with Gasteiger partial charge in [-0.1, -0.05) is 61.9 Å². The normalized spacial score (nSPS) is 10.7. The summed E-state index contributed by atoms with van der Waals surface area (Å²) in [6, 6.07) is 17.8. The first-order valence-corrected chi connectivity index (χ1v) is 7.41. The molecule has 0 aliphatic rings. The van der Waals surface area contributed by atoms with E-state index in [9.17, 15) is 4.79 Å². The Morgan fingerprint density at radius 3 is 2.52 bits per heavy atom. The molecule has 108 valence electrons. The van der Waals surface area contributed by atoms with E-state index >= 15 is 0 Å². The van der Waals surface area contributed by atoms with Crippen LogP contribution in [-0.4, -0.2) is 5.91 Å². The minimum atomic E-state index is -0.0946. The molecule has 0 radical (unpaired) electrons. The lowest BCUT2D eigenvalue weighted by Crippen LogP contribution is -2.09. The van der Waals surface area contributed by atoms with E-state index in [2.05, 4.69) is 18.3 Å². The van der Waals surface area contributed by atoms with Gasteiger partial charge in [-0.2, -0.15) is 0 Å². The van der Waals surface area contributed by atoms with Crippen LogP contribution in [0.1, 0.15) is 30.9 Å². The van der Waals surface area contributed by atoms with Gasteiger partial charge < -0.3 is 5.32 Å². The van der Waals surface area contributed by atoms with E-state index in [-0.39, 0.29) is 5.91 Å². The van der Waals surface area contributed by atoms with Crippen LogP contribution in [0.15, 0.2) is 60.7 Å². The summed E-state index contributed by atoms with van der Waals surface area (Å²) >= 11 is 0. The summed E-state index contributed by atoms with van der Waals surface area (Å²) in [5.41, 5.74) is 3.13. The zero-order chi connectivity index (χ0) is 14.9. The summed E-state index contributed by atoms with van der Waals surface area (Å²) in [7, 11) is 0. The number of aryl methyl sites for hydroxylation is 1. The Balaban J connectivity index is 2.01. The number of unbranched alkanes of at least 4 members (excludes halogenated alkanes) is 1. The van der Waals surface area contributed by atoms with Gasteiger partial charge in [0.25, 0.3) is 0 Å². The maximum atomic E-state index is 12.0. The molecule has 2 rings (SSSR count). The molecule has 2 heteroatoms. The second-order valence-electron chi connectivity index (χ2n) is 4.99. The number of benzene rings is 2. The summed E-state index contributed by atoms with van der Waals surface area (Å²) in [5, 5.41) is 2.96. The van der Waals surface area contributed by atoms with Crippen LogP contribution in [0.3, 0.4) is 0 Å². The molecule has 1 amide bonds. The molecule has 2 aromatic carbocycles. The molecule has 0 saturated carbocycles. The molecule has 0 saturated heterocycles. The molecule has 2 aromatic rings. The van der Waals surface area contributed by atoms with Gasteiger partial charge in [-0.3, -0.25) is 4.79 Å². The average molecular weight is 279 g/mol. The molecular formula is C19H21NO. The van der Waals surface area contributed by atoms with Crippen LogP contribution in [0.4, 0.5) is 5.69 Å². The van der Waals surface area contributed by atoms with Crippen molar-refractivity contribution in [2.45, 2.75) is 26.2 Å². The molecule has 0 bridgehead atoms. The molecule has 0 atom stereocenters. The predicted molar refractivity (Wildman–Crippen MR) is 89.2 cm³/mol. The zero-order valence-electron chi connectivity index (χ0n) is 12.4. The second kappa shape index (κ2) is 8.05. The molecule has 0 unspecified atom stereocenters. The van der Waals surface area contributed by atoms with Crippen molar-refractivity contribution in [3.8, 4) is 0 Å². The van der Waals surface area contributed by atoms with Crippen molar-refractivity contribution in [2.75, 3.05) is 5.32 Å². The smallest absolute Gasteiger partial charge is 0.248 e. The Morgan fingerprint density at radius 2 is 1.76 bits per heavy atom. The molecule has 2 nitrogen and oxygen atoms in total. The topological polar surface area (TPSA) is 29.1 Å². The van der Waals surface area contributed by atoms with Gasteiger partial charge in [0, 0.05) is 11.8 Å². The summed E-state index contributed by atoms with van der Waals surface area (Å²) in [4.78, 5) is 12.0. The number of hydrogen-bond acceptors (Lipinski definition) is 1. The fraction of sp³-hybridized carbons (Fsp3) is 0.211. The highest BCUT2D eigenvalue weighted by Gasteiger charge is 2.03. The van der Waals surface area contributed by atoms with Crippen LogP contribution in [-0.2, 0) is 11.2 Å². The van der Waals surface area contributed by atoms with Crippen molar-refractivity contribution in [1.29, 1.82) is 0 Å². The van der Waals surface area contributed by atoms with Gasteiger partial charge in [0.05, 0.1) is 0 Å². The van der Waals surface area contributed by atoms with Crippen molar-refractivity contribution in [3.05, 3.63) is 71.8 Å². The first-order chi connectivity index (χ1) is 10.3. The van der Waals surface area contributed by atoms with E-state index in [1.54, 1.807) is 6.08 Å². The van der Waals surface area contributed by atoms with Crippen molar-refractivity contribution in [1.82, 2.24) is 0 Å². The Hall–Kier alpha value is -2.35. The Morgan fingerprint density at radius 1 is 1.05 bits per heavy atom. The fourth-order valence-corrected chi connectivity index (χ4v) is 2.14. The van der Waals surface area contributed by atoms with Gasteiger partial charge in [0.1, 0.15) is 0 Å². The molecule has 0 aromatic heterocycles. The predicted octanol–water partition coefficient (Wildman–Crippen LogP) is 4.68. The van der Waals surface area contributed by atoms with E-state index in [4.69, 9.17) is 0 Å². The van der Waals surface area contributed by atoms with E-state index in [0.717, 1.165) is 30.5 Å². The Bertz CT molecular complexity index is 602. The van der Waals surface area contributed by atoms with E-state index < -0.39 is 0 Å². The Kier molecular flexibility index (Phi) is 5.77. The zero-order valence-corrected chi connectivity index (χ0v) is 12.4. The third-order valence-corrected chi connectivity index (χ3v) is 3.30. The van der Waals surface area contributed by atoms with Crippen molar-refractivity contribution in [2.24, 2.45) is 0 Å². The van der Waals surface area contributed by atoms with Gasteiger partial charge in [0.15, 0.2) is 0 Å². The average Bonchev–Trinajstić information content (AvgIpc) is 2.53. The van der Waals surface area contributed by atoms with Crippen LogP contribution in [0.25, 0.3) is 6.08 Å². The first kappa shape index (κ1) is 15.0. The van der Waals surface area contributed by atoms with E-state index in [1.165, 1.54) is 5.56 Å². The van der Waals surface area contributed by atoms with Crippen LogP contribution >= 0.6 is 0 Å².